The van der Waals surface area contributed by atoms with Crippen LogP contribution in [0.3, 0.4) is 0 Å². The van der Waals surface area contributed by atoms with E-state index in [0.29, 0.717) is 17.1 Å². The molecule has 19 heavy (non-hydrogen) atoms. The molecule has 0 fully saturated rings. The summed E-state index contributed by atoms with van der Waals surface area (Å²) in [4.78, 5) is 0.113. The van der Waals surface area contributed by atoms with E-state index in [9.17, 15) is 8.42 Å². The summed E-state index contributed by atoms with van der Waals surface area (Å²) in [6, 6.07) is 12.3. The molecular formula is C13H12INO3S. The van der Waals surface area contributed by atoms with E-state index in [1.54, 1.807) is 19.1 Å². The van der Waals surface area contributed by atoms with Crippen LogP contribution in [0.2, 0.25) is 0 Å². The average Bonchev–Trinajstić information content (AvgIpc) is 2.30. The summed E-state index contributed by atoms with van der Waals surface area (Å²) in [5.41, 5.74) is 0.561. The van der Waals surface area contributed by atoms with Crippen molar-refractivity contribution in [2.75, 3.05) is 0 Å². The minimum absolute atomic E-state index is 0.113. The maximum absolute atomic E-state index is 11.3. The Bertz CT molecular complexity index is 696. The normalized spacial score (nSPS) is 11.3. The molecule has 2 aromatic carbocycles. The Kier molecular flexibility index (Phi) is 4.12. The van der Waals surface area contributed by atoms with Gasteiger partial charge in [0, 0.05) is 3.57 Å². The Labute approximate surface area is 125 Å². The molecule has 0 amide bonds. The summed E-state index contributed by atoms with van der Waals surface area (Å²) in [6.07, 6.45) is 0. The van der Waals surface area contributed by atoms with Crippen molar-refractivity contribution >= 4 is 32.6 Å². The average molecular weight is 389 g/mol. The van der Waals surface area contributed by atoms with Crippen molar-refractivity contribution in [2.24, 2.45) is 5.14 Å². The third-order valence-corrected chi connectivity index (χ3v) is 4.29. The first kappa shape index (κ1) is 14.3. The van der Waals surface area contributed by atoms with Crippen LogP contribution in [0.5, 0.6) is 11.5 Å². The molecule has 0 bridgehead atoms. The van der Waals surface area contributed by atoms with E-state index < -0.39 is 10.0 Å². The number of hydrogen-bond acceptors (Lipinski definition) is 3. The fourth-order valence-electron chi connectivity index (χ4n) is 1.64. The van der Waals surface area contributed by atoms with Gasteiger partial charge in [0.1, 0.15) is 11.5 Å². The molecule has 100 valence electrons. The molecule has 2 rings (SSSR count). The second kappa shape index (κ2) is 5.48. The minimum atomic E-state index is -3.69. The van der Waals surface area contributed by atoms with Crippen molar-refractivity contribution in [3.05, 3.63) is 51.6 Å². The minimum Gasteiger partial charge on any atom is -0.457 e. The van der Waals surface area contributed by atoms with E-state index in [0.717, 1.165) is 3.57 Å². The summed E-state index contributed by atoms with van der Waals surface area (Å²) in [5.74, 6) is 1.27. The van der Waals surface area contributed by atoms with E-state index >= 15 is 0 Å². The van der Waals surface area contributed by atoms with Gasteiger partial charge in [-0.3, -0.25) is 0 Å². The predicted octanol–water partition coefficient (Wildman–Crippen LogP) is 3.04. The molecule has 0 aliphatic heterocycles. The van der Waals surface area contributed by atoms with Crippen LogP contribution in [0, 0.1) is 10.5 Å². The number of primary sulfonamides is 1. The molecule has 2 aromatic rings. The van der Waals surface area contributed by atoms with Crippen molar-refractivity contribution in [1.29, 1.82) is 0 Å². The molecule has 0 aliphatic carbocycles. The number of halogens is 1. The smallest absolute Gasteiger partial charge is 0.238 e. The number of nitrogens with two attached hydrogens (primary N) is 1. The number of hydrogen-bond donors (Lipinski definition) is 1. The highest BCUT2D eigenvalue weighted by molar-refractivity contribution is 14.1. The van der Waals surface area contributed by atoms with Crippen molar-refractivity contribution in [2.45, 2.75) is 11.8 Å². The number of ether oxygens (including phenoxy) is 1. The topological polar surface area (TPSA) is 69.4 Å². The van der Waals surface area contributed by atoms with E-state index in [1.165, 1.54) is 6.07 Å². The molecule has 0 aromatic heterocycles. The van der Waals surface area contributed by atoms with Crippen LogP contribution in [0.1, 0.15) is 5.56 Å². The van der Waals surface area contributed by atoms with Crippen LogP contribution in [0.15, 0.2) is 47.4 Å². The zero-order valence-corrected chi connectivity index (χ0v) is 13.1. The maximum Gasteiger partial charge on any atom is 0.238 e. The zero-order valence-electron chi connectivity index (χ0n) is 10.1. The van der Waals surface area contributed by atoms with Crippen LogP contribution in [-0.2, 0) is 10.0 Å². The van der Waals surface area contributed by atoms with Crippen molar-refractivity contribution in [1.82, 2.24) is 0 Å². The molecule has 0 spiro atoms. The first-order chi connectivity index (χ1) is 8.86. The third kappa shape index (κ3) is 3.68. The van der Waals surface area contributed by atoms with E-state index in [-0.39, 0.29) is 4.90 Å². The van der Waals surface area contributed by atoms with Gasteiger partial charge in [0.15, 0.2) is 0 Å². The van der Waals surface area contributed by atoms with Gasteiger partial charge in [-0.2, -0.15) is 0 Å². The molecule has 2 N–H and O–H groups in total. The van der Waals surface area contributed by atoms with Gasteiger partial charge < -0.3 is 4.74 Å². The number of aryl methyl sites for hydroxylation is 1. The largest absolute Gasteiger partial charge is 0.457 e. The fraction of sp³-hybridized carbons (Fsp3) is 0.0769. The van der Waals surface area contributed by atoms with Crippen LogP contribution in [0.4, 0.5) is 0 Å². The quantitative estimate of drug-likeness (QED) is 0.821. The van der Waals surface area contributed by atoms with Gasteiger partial charge in [-0.15, -0.1) is 0 Å². The molecule has 0 unspecified atom stereocenters. The van der Waals surface area contributed by atoms with Gasteiger partial charge >= 0.3 is 0 Å². The monoisotopic (exact) mass is 389 g/mol. The van der Waals surface area contributed by atoms with Gasteiger partial charge in [-0.1, -0.05) is 0 Å². The predicted molar refractivity (Wildman–Crippen MR) is 81.8 cm³/mol. The number of rotatable bonds is 3. The lowest BCUT2D eigenvalue weighted by molar-refractivity contribution is 0.481. The maximum atomic E-state index is 11.3. The summed E-state index contributed by atoms with van der Waals surface area (Å²) in [5, 5.41) is 5.11. The Morgan fingerprint density at radius 2 is 1.63 bits per heavy atom. The van der Waals surface area contributed by atoms with Crippen LogP contribution in [0.25, 0.3) is 0 Å². The Balaban J connectivity index is 2.28. The number of sulfonamides is 1. The standard InChI is InChI=1S/C13H12INO3S/c1-9-8-12(6-7-13(9)19(15,16)17)18-11-4-2-10(14)3-5-11/h2-8H,1H3,(H2,15,16,17). The highest BCUT2D eigenvalue weighted by Crippen LogP contribution is 2.25. The van der Waals surface area contributed by atoms with Gasteiger partial charge in [0.25, 0.3) is 0 Å². The molecule has 6 heteroatoms. The van der Waals surface area contributed by atoms with Gasteiger partial charge in [-0.05, 0) is 77.5 Å². The first-order valence-corrected chi connectivity index (χ1v) is 8.05. The van der Waals surface area contributed by atoms with Crippen molar-refractivity contribution < 1.29 is 13.2 Å². The van der Waals surface area contributed by atoms with Crippen LogP contribution in [-0.4, -0.2) is 8.42 Å². The lowest BCUT2D eigenvalue weighted by atomic mass is 10.2. The van der Waals surface area contributed by atoms with Crippen LogP contribution >= 0.6 is 22.6 Å². The summed E-state index contributed by atoms with van der Waals surface area (Å²) < 4.78 is 29.4. The second-order valence-corrected chi connectivity index (χ2v) is 6.80. The lowest BCUT2D eigenvalue weighted by Crippen LogP contribution is -2.13. The second-order valence-electron chi connectivity index (χ2n) is 4.03. The first-order valence-electron chi connectivity index (χ1n) is 5.43. The van der Waals surface area contributed by atoms with Crippen molar-refractivity contribution in [3.63, 3.8) is 0 Å². The molecule has 0 aliphatic rings. The van der Waals surface area contributed by atoms with E-state index in [4.69, 9.17) is 9.88 Å². The fourth-order valence-corrected chi connectivity index (χ4v) is 2.77. The van der Waals surface area contributed by atoms with E-state index in [1.807, 2.05) is 24.3 Å². The molecule has 0 saturated heterocycles. The highest BCUT2D eigenvalue weighted by Gasteiger charge is 2.12. The number of benzene rings is 2. The van der Waals surface area contributed by atoms with Crippen LogP contribution < -0.4 is 9.88 Å². The Morgan fingerprint density at radius 3 is 2.16 bits per heavy atom. The Morgan fingerprint density at radius 1 is 1.05 bits per heavy atom. The van der Waals surface area contributed by atoms with Gasteiger partial charge in [0.05, 0.1) is 4.90 Å². The summed E-state index contributed by atoms with van der Waals surface area (Å²) in [7, 11) is -3.69. The lowest BCUT2D eigenvalue weighted by Gasteiger charge is -2.08. The van der Waals surface area contributed by atoms with Crippen molar-refractivity contribution in [3.8, 4) is 11.5 Å². The van der Waals surface area contributed by atoms with E-state index in [2.05, 4.69) is 22.6 Å². The summed E-state index contributed by atoms with van der Waals surface area (Å²) in [6.45, 7) is 1.68. The van der Waals surface area contributed by atoms with Gasteiger partial charge in [0.2, 0.25) is 10.0 Å². The van der Waals surface area contributed by atoms with Gasteiger partial charge in [-0.25, -0.2) is 13.6 Å². The Hall–Kier alpha value is -1.12. The molecule has 0 radical (unpaired) electrons. The zero-order chi connectivity index (χ0) is 14.0. The highest BCUT2D eigenvalue weighted by atomic mass is 127. The molecule has 4 nitrogen and oxygen atoms in total. The molecule has 0 saturated carbocycles. The molecule has 0 heterocycles. The third-order valence-electron chi connectivity index (χ3n) is 2.50. The molecular weight excluding hydrogens is 377 g/mol. The molecule has 0 atom stereocenters. The SMILES string of the molecule is Cc1cc(Oc2ccc(I)cc2)ccc1S(N)(=O)=O. The summed E-state index contributed by atoms with van der Waals surface area (Å²) >= 11 is 2.21.